The van der Waals surface area contributed by atoms with Crippen molar-refractivity contribution in [3.63, 3.8) is 0 Å². The number of aryl methyl sites for hydroxylation is 1. The fourth-order valence-electron chi connectivity index (χ4n) is 9.00. The summed E-state index contributed by atoms with van der Waals surface area (Å²) >= 11 is 0. The van der Waals surface area contributed by atoms with E-state index in [1.165, 1.54) is 0 Å². The predicted molar refractivity (Wildman–Crippen MR) is 189 cm³/mol. The van der Waals surface area contributed by atoms with E-state index in [-0.39, 0.29) is 29.5 Å². The highest BCUT2D eigenvalue weighted by Gasteiger charge is 2.53. The van der Waals surface area contributed by atoms with E-state index < -0.39 is 0 Å². The van der Waals surface area contributed by atoms with Gasteiger partial charge in [-0.3, -0.25) is 24.6 Å². The topological polar surface area (TPSA) is 124 Å². The molecule has 0 bridgehead atoms. The van der Waals surface area contributed by atoms with E-state index in [9.17, 15) is 9.59 Å². The van der Waals surface area contributed by atoms with Crippen LogP contribution >= 0.6 is 0 Å². The van der Waals surface area contributed by atoms with E-state index in [2.05, 4.69) is 70.9 Å². The summed E-state index contributed by atoms with van der Waals surface area (Å²) in [7, 11) is 1.87. The molecule has 1 aliphatic carbocycles. The first-order chi connectivity index (χ1) is 24.2. The number of carbonyl (C=O) groups is 2. The van der Waals surface area contributed by atoms with Crippen molar-refractivity contribution in [2.75, 3.05) is 57.3 Å². The summed E-state index contributed by atoms with van der Waals surface area (Å²) in [5.74, 6) is 2.23. The van der Waals surface area contributed by atoms with Gasteiger partial charge in [0.2, 0.25) is 17.7 Å². The minimum absolute atomic E-state index is 0.0885. The smallest absolute Gasteiger partial charge is 0.236 e. The van der Waals surface area contributed by atoms with Gasteiger partial charge in [-0.1, -0.05) is 6.07 Å². The summed E-state index contributed by atoms with van der Waals surface area (Å²) < 4.78 is 7.46. The molecule has 5 unspecified atom stereocenters. The van der Waals surface area contributed by atoms with Crippen LogP contribution < -0.4 is 20.5 Å². The Balaban J connectivity index is 0.824. The Labute approximate surface area is 294 Å². The number of likely N-dealkylation sites (tertiary alicyclic amines) is 2. The first-order valence-electron chi connectivity index (χ1n) is 18.4. The van der Waals surface area contributed by atoms with Crippen LogP contribution in [0.1, 0.15) is 57.6 Å². The van der Waals surface area contributed by atoms with E-state index in [0.29, 0.717) is 49.9 Å². The third-order valence-corrected chi connectivity index (χ3v) is 11.7. The Kier molecular flexibility index (Phi) is 8.98. The third-order valence-electron chi connectivity index (χ3n) is 11.7. The molecule has 1 saturated carbocycles. The number of fused-ring (bicyclic) bond motifs is 1. The molecule has 3 aromatic rings. The number of hydrogen-bond acceptors (Lipinski definition) is 10. The zero-order chi connectivity index (χ0) is 34.4. The van der Waals surface area contributed by atoms with Crippen LogP contribution in [0.3, 0.4) is 0 Å². The van der Waals surface area contributed by atoms with Crippen LogP contribution in [0, 0.1) is 11.3 Å². The number of piperazine rings is 1. The second-order valence-corrected chi connectivity index (χ2v) is 15.2. The fraction of sp³-hybridized carbons (Fsp3) is 0.595. The molecule has 5 aliphatic rings. The highest BCUT2D eigenvalue weighted by Crippen LogP contribution is 2.45. The number of ether oxygens (including phenoxy) is 1. The summed E-state index contributed by atoms with van der Waals surface area (Å²) in [6, 6.07) is 13.2. The van der Waals surface area contributed by atoms with Gasteiger partial charge in [-0.05, 0) is 88.2 Å². The van der Waals surface area contributed by atoms with Crippen LogP contribution in [-0.2, 0) is 16.6 Å². The van der Waals surface area contributed by atoms with Crippen LogP contribution in [0.2, 0.25) is 0 Å². The number of hydrazine groups is 1. The lowest BCUT2D eigenvalue weighted by molar-refractivity contribution is -0.139. The van der Waals surface area contributed by atoms with Crippen molar-refractivity contribution in [3.8, 4) is 17.3 Å². The quantitative estimate of drug-likeness (QED) is 0.367. The Morgan fingerprint density at radius 3 is 2.50 bits per heavy atom. The van der Waals surface area contributed by atoms with E-state index in [1.807, 2.05) is 38.1 Å². The third kappa shape index (κ3) is 6.46. The number of benzene rings is 1. The predicted octanol–water partition coefficient (Wildman–Crippen LogP) is 2.62. The van der Waals surface area contributed by atoms with Gasteiger partial charge in [0.05, 0.1) is 24.1 Å². The van der Waals surface area contributed by atoms with Gasteiger partial charge < -0.3 is 19.4 Å². The molecule has 1 spiro atoms. The molecule has 0 radical (unpaired) electrons. The highest BCUT2D eigenvalue weighted by atomic mass is 16.5. The number of hydrogen-bond donors (Lipinski definition) is 2. The van der Waals surface area contributed by atoms with Crippen LogP contribution in [0.25, 0.3) is 11.4 Å². The van der Waals surface area contributed by atoms with Crippen molar-refractivity contribution in [3.05, 3.63) is 54.5 Å². The molecule has 1 aromatic carbocycles. The van der Waals surface area contributed by atoms with Gasteiger partial charge in [-0.25, -0.2) is 15.4 Å². The van der Waals surface area contributed by atoms with Crippen LogP contribution in [0.5, 0.6) is 5.88 Å². The molecule has 5 atom stereocenters. The molecule has 4 saturated heterocycles. The van der Waals surface area contributed by atoms with Gasteiger partial charge >= 0.3 is 0 Å². The van der Waals surface area contributed by atoms with Crippen molar-refractivity contribution in [2.24, 2.45) is 18.4 Å². The molecule has 2 amide bonds. The number of rotatable bonds is 8. The van der Waals surface area contributed by atoms with Crippen LogP contribution in [0.4, 0.5) is 5.69 Å². The van der Waals surface area contributed by atoms with Gasteiger partial charge in [0.15, 0.2) is 5.82 Å². The van der Waals surface area contributed by atoms with Gasteiger partial charge in [-0.2, -0.15) is 5.10 Å². The molecule has 50 heavy (non-hydrogen) atoms. The Hall–Kier alpha value is -4.07. The molecule has 2 aromatic heterocycles. The molecular weight excluding hydrogens is 632 g/mol. The fourth-order valence-corrected chi connectivity index (χ4v) is 9.00. The standard InChI is InChI=1S/C37H50N10O3/c1-25(2)50-32-11-6-27(21-38-32)34-30-20-29(9-10-31(30)40-41-34)47-15-13-37(36(47)49)12-14-44(23-37)22-33(48)46-18-16-45(17-19-46)28-7-4-26(5-8-28)35-39-24-43(3)42-35/h4-8,11,21,24-25,29-31,34,40-41H,9-10,12-20,22-23H2,1-3H3. The maximum Gasteiger partial charge on any atom is 0.236 e. The van der Waals surface area contributed by atoms with E-state index in [4.69, 9.17) is 4.74 Å². The number of nitrogens with one attached hydrogen (secondary N) is 2. The minimum atomic E-state index is -0.353. The zero-order valence-electron chi connectivity index (χ0n) is 29.5. The highest BCUT2D eigenvalue weighted by molar-refractivity contribution is 5.86. The molecule has 4 aliphatic heterocycles. The van der Waals surface area contributed by atoms with Gasteiger partial charge in [0.25, 0.3) is 0 Å². The van der Waals surface area contributed by atoms with Crippen LogP contribution in [-0.4, -0.2) is 117 Å². The average Bonchev–Trinajstić information content (AvgIpc) is 3.92. The number of amides is 2. The Morgan fingerprint density at radius 2 is 1.78 bits per heavy atom. The lowest BCUT2D eigenvalue weighted by atomic mass is 9.77. The number of aromatic nitrogens is 4. The van der Waals surface area contributed by atoms with Crippen molar-refractivity contribution in [2.45, 2.75) is 70.2 Å². The maximum atomic E-state index is 14.1. The summed E-state index contributed by atoms with van der Waals surface area (Å²) in [4.78, 5) is 45.2. The summed E-state index contributed by atoms with van der Waals surface area (Å²) in [5, 5.41) is 4.39. The maximum absolute atomic E-state index is 14.1. The van der Waals surface area contributed by atoms with Crippen molar-refractivity contribution in [1.29, 1.82) is 0 Å². The largest absolute Gasteiger partial charge is 0.475 e. The summed E-state index contributed by atoms with van der Waals surface area (Å²) in [5.41, 5.74) is 10.0. The monoisotopic (exact) mass is 682 g/mol. The Bertz CT molecular complexity index is 1670. The summed E-state index contributed by atoms with van der Waals surface area (Å²) in [6.45, 7) is 9.71. The lowest BCUT2D eigenvalue weighted by Gasteiger charge is -2.38. The van der Waals surface area contributed by atoms with Crippen LogP contribution in [0.15, 0.2) is 48.9 Å². The molecule has 13 heteroatoms. The second kappa shape index (κ2) is 13.6. The van der Waals surface area contributed by atoms with E-state index in [0.717, 1.165) is 80.9 Å². The zero-order valence-corrected chi connectivity index (χ0v) is 29.5. The first kappa shape index (κ1) is 33.1. The number of nitrogens with zero attached hydrogens (tertiary/aromatic N) is 8. The molecule has 6 heterocycles. The normalized spacial score (nSPS) is 28.6. The molecule has 8 rings (SSSR count). The average molecular weight is 683 g/mol. The van der Waals surface area contributed by atoms with Gasteiger partial charge in [0.1, 0.15) is 6.33 Å². The molecule has 5 fully saturated rings. The molecule has 2 N–H and O–H groups in total. The second-order valence-electron chi connectivity index (χ2n) is 15.2. The number of carbonyl (C=O) groups excluding carboxylic acids is 2. The van der Waals surface area contributed by atoms with Crippen molar-refractivity contribution < 1.29 is 14.3 Å². The summed E-state index contributed by atoms with van der Waals surface area (Å²) in [6.07, 6.45) is 8.48. The van der Waals surface area contributed by atoms with Gasteiger partial charge in [0, 0.05) is 81.9 Å². The van der Waals surface area contributed by atoms with E-state index >= 15 is 0 Å². The lowest BCUT2D eigenvalue weighted by Crippen LogP contribution is -2.51. The van der Waals surface area contributed by atoms with Crippen molar-refractivity contribution >= 4 is 17.5 Å². The SMILES string of the molecule is CC(C)Oc1ccc(C2NNC3CCC(N4CCC5(CCN(CC(=O)N6CCN(c7ccc(-c8ncn(C)n8)cc7)CC6)C5)C4=O)CC32)cn1. The molecule has 13 nitrogen and oxygen atoms in total. The number of pyridine rings is 1. The van der Waals surface area contributed by atoms with Gasteiger partial charge in [-0.15, -0.1) is 0 Å². The van der Waals surface area contributed by atoms with Crippen molar-refractivity contribution in [1.82, 2.24) is 45.3 Å². The first-order valence-corrected chi connectivity index (χ1v) is 18.4. The number of anilines is 1. The molecular formula is C37H50N10O3. The molecule has 266 valence electrons. The minimum Gasteiger partial charge on any atom is -0.475 e. The Morgan fingerprint density at radius 1 is 0.980 bits per heavy atom. The van der Waals surface area contributed by atoms with E-state index in [1.54, 1.807) is 11.0 Å².